The van der Waals surface area contributed by atoms with Crippen molar-refractivity contribution in [1.29, 1.82) is 0 Å². The third kappa shape index (κ3) is 4.81. The Labute approximate surface area is 138 Å². The van der Waals surface area contributed by atoms with Crippen LogP contribution in [0, 0.1) is 20.8 Å². The highest BCUT2D eigenvalue weighted by atomic mass is 32.2. The van der Waals surface area contributed by atoms with E-state index in [2.05, 4.69) is 56.3 Å². The number of hydrogen-bond donors (Lipinski definition) is 1. The molecule has 0 saturated heterocycles. The average molecular weight is 309 g/mol. The van der Waals surface area contributed by atoms with E-state index in [9.17, 15) is 0 Å². The van der Waals surface area contributed by atoms with E-state index in [0.29, 0.717) is 0 Å². The Kier molecular flexibility index (Phi) is 5.91. The second-order valence-corrected chi connectivity index (χ2v) is 6.47. The Morgan fingerprint density at radius 1 is 1.05 bits per heavy atom. The molecule has 0 aromatic heterocycles. The van der Waals surface area contributed by atoms with Crippen LogP contribution in [0.15, 0.2) is 65.6 Å². The number of benzene rings is 2. The first kappa shape index (κ1) is 16.4. The Balaban J connectivity index is 1.86. The molecule has 0 unspecified atom stereocenters. The number of para-hydroxylation sites is 1. The monoisotopic (exact) mass is 309 g/mol. The molecule has 0 spiro atoms. The van der Waals surface area contributed by atoms with Crippen LogP contribution >= 0.6 is 11.8 Å². The highest BCUT2D eigenvalue weighted by Crippen LogP contribution is 2.20. The molecule has 114 valence electrons. The second-order valence-electron chi connectivity index (χ2n) is 5.47. The van der Waals surface area contributed by atoms with Crippen molar-refractivity contribution < 1.29 is 0 Å². The minimum Gasteiger partial charge on any atom is -0.350 e. The lowest BCUT2D eigenvalue weighted by Crippen LogP contribution is -1.93. The van der Waals surface area contributed by atoms with Crippen molar-refractivity contribution in [3.63, 3.8) is 0 Å². The average Bonchev–Trinajstić information content (AvgIpc) is 2.49. The van der Waals surface area contributed by atoms with Gasteiger partial charge in [-0.2, -0.15) is 0 Å². The van der Waals surface area contributed by atoms with Crippen LogP contribution in [0.3, 0.4) is 0 Å². The molecule has 1 N–H and O–H groups in total. The fourth-order valence-electron chi connectivity index (χ4n) is 2.26. The van der Waals surface area contributed by atoms with E-state index in [1.54, 1.807) is 11.8 Å². The van der Waals surface area contributed by atoms with Crippen LogP contribution in [0.4, 0.5) is 5.69 Å². The third-order valence-corrected chi connectivity index (χ3v) is 4.37. The molecule has 0 saturated carbocycles. The molecule has 0 atom stereocenters. The van der Waals surface area contributed by atoms with Crippen molar-refractivity contribution in [3.05, 3.63) is 87.8 Å². The largest absolute Gasteiger partial charge is 0.350 e. The maximum atomic E-state index is 4.04. The van der Waals surface area contributed by atoms with E-state index in [0.717, 1.165) is 17.1 Å². The molecular weight excluding hydrogens is 286 g/mol. The Hall–Kier alpha value is -1.93. The molecule has 0 amide bonds. The highest BCUT2D eigenvalue weighted by molar-refractivity contribution is 8.05. The number of rotatable bonds is 6. The number of allylic oxidation sites excluding steroid dienone is 1. The number of anilines is 1. The van der Waals surface area contributed by atoms with Gasteiger partial charge in [0.25, 0.3) is 0 Å². The fraction of sp³-hybridized carbons (Fsp3) is 0.200. The van der Waals surface area contributed by atoms with E-state index < -0.39 is 0 Å². The fourth-order valence-corrected chi connectivity index (χ4v) is 2.79. The van der Waals surface area contributed by atoms with Crippen LogP contribution in [0.25, 0.3) is 0 Å². The molecule has 0 aliphatic rings. The molecule has 0 radical (unpaired) electrons. The van der Waals surface area contributed by atoms with Gasteiger partial charge in [-0.25, -0.2) is 0 Å². The summed E-state index contributed by atoms with van der Waals surface area (Å²) in [6.07, 6.45) is 3.15. The lowest BCUT2D eigenvalue weighted by Gasteiger charge is -2.08. The lowest BCUT2D eigenvalue weighted by atomic mass is 9.99. The normalized spacial score (nSPS) is 10.9. The van der Waals surface area contributed by atoms with Gasteiger partial charge in [0, 0.05) is 5.69 Å². The molecule has 2 heteroatoms. The number of nitrogens with one attached hydrogen (secondary N) is 1. The van der Waals surface area contributed by atoms with E-state index in [-0.39, 0.29) is 0 Å². The first-order valence-electron chi connectivity index (χ1n) is 7.45. The van der Waals surface area contributed by atoms with Crippen molar-refractivity contribution in [2.45, 2.75) is 27.2 Å². The summed E-state index contributed by atoms with van der Waals surface area (Å²) < 4.78 is 0. The molecule has 0 bridgehead atoms. The van der Waals surface area contributed by atoms with Crippen LogP contribution in [-0.2, 0) is 6.42 Å². The number of thioether (sulfide) groups is 1. The van der Waals surface area contributed by atoms with Gasteiger partial charge < -0.3 is 5.32 Å². The molecule has 22 heavy (non-hydrogen) atoms. The summed E-state index contributed by atoms with van der Waals surface area (Å²) in [6.45, 7) is 10.6. The van der Waals surface area contributed by atoms with Crippen LogP contribution in [0.1, 0.15) is 22.3 Å². The molecule has 2 aromatic carbocycles. The summed E-state index contributed by atoms with van der Waals surface area (Å²) >= 11 is 1.62. The zero-order valence-electron chi connectivity index (χ0n) is 13.5. The molecule has 0 fully saturated rings. The molecule has 0 heterocycles. The molecular formula is C20H23NS. The van der Waals surface area contributed by atoms with Gasteiger partial charge in [-0.15, -0.1) is 0 Å². The Morgan fingerprint density at radius 2 is 1.73 bits per heavy atom. The Bertz CT molecular complexity index is 672. The first-order chi connectivity index (χ1) is 10.6. The topological polar surface area (TPSA) is 12.0 Å². The van der Waals surface area contributed by atoms with Gasteiger partial charge in [-0.05, 0) is 67.0 Å². The zero-order valence-corrected chi connectivity index (χ0v) is 14.3. The summed E-state index contributed by atoms with van der Waals surface area (Å²) in [6, 6.07) is 14.7. The lowest BCUT2D eigenvalue weighted by molar-refractivity contribution is 1.17. The second kappa shape index (κ2) is 7.90. The van der Waals surface area contributed by atoms with Gasteiger partial charge in [-0.1, -0.05) is 54.7 Å². The smallest absolute Gasteiger partial charge is 0.0694 e. The van der Waals surface area contributed by atoms with Crippen molar-refractivity contribution in [2.75, 3.05) is 5.32 Å². The third-order valence-electron chi connectivity index (χ3n) is 3.65. The van der Waals surface area contributed by atoms with Crippen LogP contribution in [-0.4, -0.2) is 0 Å². The molecule has 2 rings (SSSR count). The maximum absolute atomic E-state index is 4.04. The van der Waals surface area contributed by atoms with E-state index >= 15 is 0 Å². The summed E-state index contributed by atoms with van der Waals surface area (Å²) in [5.41, 5.74) is 6.54. The number of aryl methyl sites for hydroxylation is 3. The van der Waals surface area contributed by atoms with Gasteiger partial charge >= 0.3 is 0 Å². The van der Waals surface area contributed by atoms with Crippen molar-refractivity contribution in [1.82, 2.24) is 0 Å². The van der Waals surface area contributed by atoms with Crippen LogP contribution in [0.5, 0.6) is 0 Å². The number of hydrogen-bond acceptors (Lipinski definition) is 2. The Morgan fingerprint density at radius 3 is 2.45 bits per heavy atom. The van der Waals surface area contributed by atoms with Crippen LogP contribution < -0.4 is 5.32 Å². The minimum absolute atomic E-state index is 0.930. The molecule has 0 aliphatic carbocycles. The quantitative estimate of drug-likeness (QED) is 0.704. The standard InChI is InChI=1S/C20H23NS/c1-15-13-17(3)19(14-16(15)2)9-8-12-22-18(4)21-20-10-6-5-7-11-20/h5-8,10-14,21H,4,9H2,1-3H3/b12-8+. The van der Waals surface area contributed by atoms with Gasteiger partial charge in [0.15, 0.2) is 0 Å². The first-order valence-corrected chi connectivity index (χ1v) is 8.33. The molecule has 1 nitrogen and oxygen atoms in total. The van der Waals surface area contributed by atoms with Crippen molar-refractivity contribution >= 4 is 17.4 Å². The van der Waals surface area contributed by atoms with Gasteiger partial charge in [-0.3, -0.25) is 0 Å². The summed E-state index contributed by atoms with van der Waals surface area (Å²) in [7, 11) is 0. The molecule has 0 aliphatic heterocycles. The predicted octanol–water partition coefficient (Wildman–Crippen LogP) is 5.98. The summed E-state index contributed by atoms with van der Waals surface area (Å²) in [5.74, 6) is 0. The van der Waals surface area contributed by atoms with Crippen LogP contribution in [0.2, 0.25) is 0 Å². The van der Waals surface area contributed by atoms with E-state index in [4.69, 9.17) is 0 Å². The van der Waals surface area contributed by atoms with Gasteiger partial charge in [0.1, 0.15) is 0 Å². The summed E-state index contributed by atoms with van der Waals surface area (Å²) in [4.78, 5) is 0. The zero-order chi connectivity index (χ0) is 15.9. The van der Waals surface area contributed by atoms with Crippen molar-refractivity contribution in [3.8, 4) is 0 Å². The molecule has 2 aromatic rings. The van der Waals surface area contributed by atoms with Crippen molar-refractivity contribution in [2.24, 2.45) is 0 Å². The summed E-state index contributed by atoms with van der Waals surface area (Å²) in [5, 5.41) is 6.32. The van der Waals surface area contributed by atoms with Gasteiger partial charge in [0.2, 0.25) is 0 Å². The SMILES string of the molecule is C=C(Nc1ccccc1)S/C=C/Cc1cc(C)c(C)cc1C. The van der Waals surface area contributed by atoms with E-state index in [1.165, 1.54) is 22.3 Å². The van der Waals surface area contributed by atoms with E-state index in [1.807, 2.05) is 30.3 Å². The minimum atomic E-state index is 0.930. The highest BCUT2D eigenvalue weighted by Gasteiger charge is 2.00. The van der Waals surface area contributed by atoms with Gasteiger partial charge in [0.05, 0.1) is 5.03 Å². The maximum Gasteiger partial charge on any atom is 0.0694 e. The predicted molar refractivity (Wildman–Crippen MR) is 100 cm³/mol.